The second-order valence-electron chi connectivity index (χ2n) is 7.82. The molecule has 0 saturated heterocycles. The predicted molar refractivity (Wildman–Crippen MR) is 136 cm³/mol. The van der Waals surface area contributed by atoms with Crippen LogP contribution in [0.5, 0.6) is 11.5 Å². The van der Waals surface area contributed by atoms with Gasteiger partial charge in [-0.25, -0.2) is 9.38 Å². The van der Waals surface area contributed by atoms with Crippen molar-refractivity contribution in [3.8, 4) is 22.8 Å². The van der Waals surface area contributed by atoms with Gasteiger partial charge in [0.15, 0.2) is 0 Å². The number of benzene rings is 3. The third kappa shape index (κ3) is 4.20. The van der Waals surface area contributed by atoms with E-state index in [1.54, 1.807) is 29.9 Å². The molecule has 5 rings (SSSR count). The van der Waals surface area contributed by atoms with Crippen LogP contribution in [0.25, 0.3) is 28.1 Å². The minimum Gasteiger partial charge on any atom is -0.497 e. The minimum absolute atomic E-state index is 0.0564. The number of hydrogen-bond acceptors (Lipinski definition) is 5. The van der Waals surface area contributed by atoms with Gasteiger partial charge in [-0.3, -0.25) is 9.59 Å². The molecule has 0 saturated carbocycles. The number of para-hydroxylation sites is 2. The quantitative estimate of drug-likeness (QED) is 0.376. The number of fused-ring (bicyclic) bond motifs is 3. The molecule has 0 aliphatic carbocycles. The predicted octanol–water partition coefficient (Wildman–Crippen LogP) is 4.63. The van der Waals surface area contributed by atoms with Crippen molar-refractivity contribution in [2.75, 3.05) is 19.5 Å². The van der Waals surface area contributed by atoms with Crippen LogP contribution in [0.1, 0.15) is 0 Å². The highest BCUT2D eigenvalue weighted by Crippen LogP contribution is 2.28. The summed E-state index contributed by atoms with van der Waals surface area (Å²) in [6, 6.07) is 21.2. The number of aromatic nitrogens is 3. The van der Waals surface area contributed by atoms with Gasteiger partial charge in [0, 0.05) is 17.3 Å². The lowest BCUT2D eigenvalue weighted by molar-refractivity contribution is -0.116. The zero-order valence-corrected chi connectivity index (χ0v) is 19.7. The summed E-state index contributed by atoms with van der Waals surface area (Å²) < 4.78 is 13.6. The number of hydrogen-bond donors (Lipinski definition) is 1. The summed E-state index contributed by atoms with van der Waals surface area (Å²) in [5, 5.41) is 3.23. The van der Waals surface area contributed by atoms with Gasteiger partial charge in [-0.15, -0.1) is 0 Å². The molecule has 0 fully saturated rings. The first kappa shape index (κ1) is 22.5. The van der Waals surface area contributed by atoms with Crippen LogP contribution in [-0.2, 0) is 11.3 Å². The van der Waals surface area contributed by atoms with Gasteiger partial charge in [0.05, 0.1) is 36.0 Å². The molecule has 1 amide bonds. The van der Waals surface area contributed by atoms with Gasteiger partial charge in [-0.05, 0) is 54.6 Å². The molecule has 0 aliphatic rings. The number of imidazole rings is 1. The molecular formula is C26H21ClN4O4. The third-order valence-electron chi connectivity index (χ3n) is 5.68. The summed E-state index contributed by atoms with van der Waals surface area (Å²) in [6.07, 6.45) is 0. The molecule has 1 N–H and O–H groups in total. The lowest BCUT2D eigenvalue weighted by atomic mass is 10.1. The van der Waals surface area contributed by atoms with E-state index >= 15 is 0 Å². The van der Waals surface area contributed by atoms with Crippen molar-refractivity contribution >= 4 is 40.0 Å². The molecule has 5 aromatic rings. The lowest BCUT2D eigenvalue weighted by Crippen LogP contribution is -2.20. The second-order valence-corrected chi connectivity index (χ2v) is 8.22. The molecule has 176 valence electrons. The summed E-state index contributed by atoms with van der Waals surface area (Å²) >= 11 is 6.19. The molecule has 0 atom stereocenters. The Kier molecular flexibility index (Phi) is 5.88. The number of rotatable bonds is 6. The highest BCUT2D eigenvalue weighted by molar-refractivity contribution is 6.32. The number of carbonyl (C=O) groups is 1. The number of ether oxygens (including phenoxy) is 2. The van der Waals surface area contributed by atoms with Crippen molar-refractivity contribution in [3.63, 3.8) is 0 Å². The lowest BCUT2D eigenvalue weighted by Gasteiger charge is -2.10. The number of amides is 1. The van der Waals surface area contributed by atoms with E-state index in [4.69, 9.17) is 26.1 Å². The maximum Gasteiger partial charge on any atom is 0.260 e. The molecule has 0 unspecified atom stereocenters. The molecule has 2 heterocycles. The fraction of sp³-hybridized carbons (Fsp3) is 0.115. The summed E-state index contributed by atoms with van der Waals surface area (Å²) in [6.45, 7) is -0.0564. The van der Waals surface area contributed by atoms with Crippen LogP contribution in [-0.4, -0.2) is 34.1 Å². The first-order valence-electron chi connectivity index (χ1n) is 10.8. The zero-order valence-electron chi connectivity index (χ0n) is 19.0. The van der Waals surface area contributed by atoms with Gasteiger partial charge < -0.3 is 19.4 Å². The smallest absolute Gasteiger partial charge is 0.260 e. The molecule has 8 nitrogen and oxygen atoms in total. The van der Waals surface area contributed by atoms with Crippen LogP contribution in [0.3, 0.4) is 0 Å². The molecule has 2 aromatic heterocycles. The summed E-state index contributed by atoms with van der Waals surface area (Å²) in [5.74, 6) is 1.30. The Balaban J connectivity index is 1.57. The first-order valence-corrected chi connectivity index (χ1v) is 11.1. The van der Waals surface area contributed by atoms with E-state index in [9.17, 15) is 9.59 Å². The van der Waals surface area contributed by atoms with Crippen LogP contribution >= 0.6 is 11.6 Å². The standard InChI is InChI=1S/C26H21ClN4O4/c1-34-18-10-7-16(8-11-18)20-14-25(33)31-22-6-4-3-5-21(22)30(26(31)29-20)15-24(32)28-17-9-12-23(35-2)19(27)13-17/h3-14H,15H2,1-2H3,(H,28,32). The van der Waals surface area contributed by atoms with E-state index in [1.807, 2.05) is 48.5 Å². The van der Waals surface area contributed by atoms with Crippen molar-refractivity contribution in [3.05, 3.63) is 88.2 Å². The van der Waals surface area contributed by atoms with Crippen molar-refractivity contribution in [1.29, 1.82) is 0 Å². The Labute approximate surface area is 205 Å². The van der Waals surface area contributed by atoms with Gasteiger partial charge in [-0.2, -0.15) is 0 Å². The number of nitrogens with zero attached hydrogens (tertiary/aromatic N) is 3. The monoisotopic (exact) mass is 488 g/mol. The average molecular weight is 489 g/mol. The van der Waals surface area contributed by atoms with Crippen molar-refractivity contribution in [1.82, 2.24) is 14.0 Å². The van der Waals surface area contributed by atoms with Crippen molar-refractivity contribution < 1.29 is 14.3 Å². The highest BCUT2D eigenvalue weighted by Gasteiger charge is 2.17. The number of anilines is 1. The molecule has 0 spiro atoms. The van der Waals surface area contributed by atoms with E-state index in [1.165, 1.54) is 17.6 Å². The van der Waals surface area contributed by atoms with Crippen LogP contribution < -0.4 is 20.3 Å². The molecule has 0 radical (unpaired) electrons. The topological polar surface area (TPSA) is 86.9 Å². The Hall–Kier alpha value is -4.30. The highest BCUT2D eigenvalue weighted by atomic mass is 35.5. The Morgan fingerprint density at radius 1 is 0.971 bits per heavy atom. The Morgan fingerprint density at radius 2 is 1.71 bits per heavy atom. The van der Waals surface area contributed by atoms with Crippen molar-refractivity contribution in [2.24, 2.45) is 0 Å². The number of halogens is 1. The van der Waals surface area contributed by atoms with E-state index in [0.717, 1.165) is 5.56 Å². The number of carbonyl (C=O) groups excluding carboxylic acids is 1. The molecule has 35 heavy (non-hydrogen) atoms. The van der Waals surface area contributed by atoms with Gasteiger partial charge in [0.25, 0.3) is 5.56 Å². The largest absolute Gasteiger partial charge is 0.497 e. The SMILES string of the molecule is COc1ccc(-c2cc(=O)n3c4ccccc4n(CC(=O)Nc4ccc(OC)c(Cl)c4)c3n2)cc1. The molecular weight excluding hydrogens is 468 g/mol. The molecule has 3 aromatic carbocycles. The van der Waals surface area contributed by atoms with E-state index in [2.05, 4.69) is 5.32 Å². The number of methoxy groups -OCH3 is 2. The van der Waals surface area contributed by atoms with Gasteiger partial charge in [0.2, 0.25) is 11.7 Å². The van der Waals surface area contributed by atoms with Crippen LogP contribution in [0, 0.1) is 0 Å². The molecule has 0 bridgehead atoms. The maximum atomic E-state index is 13.2. The fourth-order valence-electron chi connectivity index (χ4n) is 4.02. The fourth-order valence-corrected chi connectivity index (χ4v) is 4.28. The van der Waals surface area contributed by atoms with Gasteiger partial charge >= 0.3 is 0 Å². The zero-order chi connectivity index (χ0) is 24.5. The van der Waals surface area contributed by atoms with E-state index < -0.39 is 0 Å². The first-order chi connectivity index (χ1) is 17.0. The summed E-state index contributed by atoms with van der Waals surface area (Å²) in [5.41, 5.74) is 2.95. The maximum absolute atomic E-state index is 13.2. The summed E-state index contributed by atoms with van der Waals surface area (Å²) in [7, 11) is 3.12. The minimum atomic E-state index is -0.293. The molecule has 0 aliphatic heterocycles. The van der Waals surface area contributed by atoms with E-state index in [0.29, 0.717) is 44.7 Å². The van der Waals surface area contributed by atoms with Crippen LogP contribution in [0.15, 0.2) is 77.6 Å². The Bertz CT molecular complexity index is 1620. The molecule has 9 heteroatoms. The Morgan fingerprint density at radius 3 is 2.40 bits per heavy atom. The van der Waals surface area contributed by atoms with Crippen LogP contribution in [0.2, 0.25) is 5.02 Å². The van der Waals surface area contributed by atoms with Gasteiger partial charge in [-0.1, -0.05) is 23.7 Å². The van der Waals surface area contributed by atoms with Crippen molar-refractivity contribution in [2.45, 2.75) is 6.54 Å². The summed E-state index contributed by atoms with van der Waals surface area (Å²) in [4.78, 5) is 30.9. The van der Waals surface area contributed by atoms with Crippen LogP contribution in [0.4, 0.5) is 5.69 Å². The number of nitrogens with one attached hydrogen (secondary N) is 1. The third-order valence-corrected chi connectivity index (χ3v) is 5.97. The van der Waals surface area contributed by atoms with Gasteiger partial charge in [0.1, 0.15) is 18.0 Å². The average Bonchev–Trinajstić information content (AvgIpc) is 3.18. The van der Waals surface area contributed by atoms with E-state index in [-0.39, 0.29) is 18.0 Å². The normalized spacial score (nSPS) is 11.1. The second kappa shape index (κ2) is 9.15.